The van der Waals surface area contributed by atoms with Crippen molar-refractivity contribution in [3.8, 4) is 11.5 Å². The number of phenols is 1. The lowest BCUT2D eigenvalue weighted by atomic mass is 9.43. The first kappa shape index (κ1) is 16.3. The van der Waals surface area contributed by atoms with E-state index in [-0.39, 0.29) is 5.41 Å². The minimum absolute atomic E-state index is 0.231. The van der Waals surface area contributed by atoms with Crippen LogP contribution in [0.4, 0.5) is 0 Å². The van der Waals surface area contributed by atoms with Crippen molar-refractivity contribution in [1.82, 2.24) is 0 Å². The molecule has 2 saturated carbocycles. The maximum Gasteiger partial charge on any atom is 0.163 e. The zero-order valence-corrected chi connectivity index (χ0v) is 15.9. The number of methoxy groups -OCH3 is 1. The first-order valence-corrected chi connectivity index (χ1v) is 9.63. The van der Waals surface area contributed by atoms with Gasteiger partial charge in [-0.05, 0) is 71.8 Å². The molecular weight excluding hydrogens is 296 g/mol. The van der Waals surface area contributed by atoms with Crippen LogP contribution in [0.5, 0.6) is 11.5 Å². The van der Waals surface area contributed by atoms with Crippen LogP contribution in [-0.4, -0.2) is 12.2 Å². The maximum atomic E-state index is 10.2. The molecule has 0 amide bonds. The number of fused-ring (bicyclic) bond motifs is 5. The van der Waals surface area contributed by atoms with Gasteiger partial charge in [0.1, 0.15) is 0 Å². The molecule has 0 aromatic heterocycles. The summed E-state index contributed by atoms with van der Waals surface area (Å²) in [7, 11) is 1.69. The number of hydrogen-bond acceptors (Lipinski definition) is 2. The molecular formula is C22H32O2. The van der Waals surface area contributed by atoms with Crippen LogP contribution in [0.2, 0.25) is 0 Å². The Labute approximate surface area is 146 Å². The molecule has 2 heteroatoms. The topological polar surface area (TPSA) is 29.5 Å². The highest BCUT2D eigenvalue weighted by atomic mass is 16.5. The number of hydrogen-bond donors (Lipinski definition) is 1. The molecule has 3 aliphatic rings. The predicted molar refractivity (Wildman–Crippen MR) is 97.7 cm³/mol. The summed E-state index contributed by atoms with van der Waals surface area (Å²) >= 11 is 0. The van der Waals surface area contributed by atoms with E-state index >= 15 is 0 Å². The summed E-state index contributed by atoms with van der Waals surface area (Å²) in [5.74, 6) is 2.49. The van der Waals surface area contributed by atoms with E-state index in [1.807, 2.05) is 6.07 Å². The Morgan fingerprint density at radius 3 is 2.50 bits per heavy atom. The van der Waals surface area contributed by atoms with E-state index in [9.17, 15) is 5.11 Å². The molecule has 0 bridgehead atoms. The van der Waals surface area contributed by atoms with Crippen molar-refractivity contribution in [2.24, 2.45) is 22.7 Å². The molecule has 0 spiro atoms. The van der Waals surface area contributed by atoms with Crippen LogP contribution in [0.25, 0.3) is 0 Å². The van der Waals surface area contributed by atoms with E-state index in [0.717, 1.165) is 18.1 Å². The van der Waals surface area contributed by atoms with Gasteiger partial charge in [-0.15, -0.1) is 0 Å². The lowest BCUT2D eigenvalue weighted by Gasteiger charge is -2.61. The number of aromatic hydroxyl groups is 1. The van der Waals surface area contributed by atoms with Crippen LogP contribution in [0, 0.1) is 22.7 Å². The molecule has 1 N–H and O–H groups in total. The number of rotatable bonds is 1. The Kier molecular flexibility index (Phi) is 3.34. The molecule has 3 aliphatic carbocycles. The van der Waals surface area contributed by atoms with Crippen LogP contribution >= 0.6 is 0 Å². The summed E-state index contributed by atoms with van der Waals surface area (Å²) in [6.45, 7) is 10.0. The number of ether oxygens (including phenoxy) is 1. The summed E-state index contributed by atoms with van der Waals surface area (Å²) in [6.07, 6.45) is 7.73. The zero-order chi connectivity index (χ0) is 17.3. The fourth-order valence-electron chi connectivity index (χ4n) is 7.22. The average Bonchev–Trinajstić information content (AvgIpc) is 2.80. The molecule has 0 unspecified atom stereocenters. The van der Waals surface area contributed by atoms with Crippen LogP contribution < -0.4 is 4.74 Å². The van der Waals surface area contributed by atoms with E-state index < -0.39 is 0 Å². The molecule has 0 radical (unpaired) electrons. The average molecular weight is 328 g/mol. The lowest BCUT2D eigenvalue weighted by Crippen LogP contribution is -2.55. The highest BCUT2D eigenvalue weighted by Crippen LogP contribution is 2.68. The van der Waals surface area contributed by atoms with E-state index in [4.69, 9.17) is 4.74 Å². The SMILES string of the molecule is COc1c(O)ccc2c1C[C@H]1[C@@]3(C)CCCC(C)(C)[C@@H]3CC[C@]21C. The second-order valence-corrected chi connectivity index (χ2v) is 9.76. The monoisotopic (exact) mass is 328 g/mol. The van der Waals surface area contributed by atoms with Crippen molar-refractivity contribution in [1.29, 1.82) is 0 Å². The summed E-state index contributed by atoms with van der Waals surface area (Å²) < 4.78 is 5.60. The van der Waals surface area contributed by atoms with Crippen molar-refractivity contribution in [2.75, 3.05) is 7.11 Å². The molecule has 2 fully saturated rings. The largest absolute Gasteiger partial charge is 0.504 e. The highest BCUT2D eigenvalue weighted by Gasteiger charge is 2.61. The van der Waals surface area contributed by atoms with Gasteiger partial charge in [0, 0.05) is 5.56 Å². The first-order chi connectivity index (χ1) is 11.2. The van der Waals surface area contributed by atoms with Gasteiger partial charge in [0.15, 0.2) is 11.5 Å². The maximum absolute atomic E-state index is 10.2. The molecule has 1 aromatic carbocycles. The molecule has 2 nitrogen and oxygen atoms in total. The molecule has 0 heterocycles. The first-order valence-electron chi connectivity index (χ1n) is 9.63. The van der Waals surface area contributed by atoms with E-state index in [1.165, 1.54) is 43.2 Å². The molecule has 0 saturated heterocycles. The fourth-order valence-corrected chi connectivity index (χ4v) is 7.22. The standard InChI is InChI=1S/C22H32O2/c1-20(2)10-6-11-22(4)17(20)9-12-21(3)15-7-8-16(23)19(24-5)14(15)13-18(21)22/h7-8,17-18,23H,6,9-13H2,1-5H3/t17-,18+,21+,22-/m0/s1. The van der Waals surface area contributed by atoms with Gasteiger partial charge in [0.25, 0.3) is 0 Å². The molecule has 24 heavy (non-hydrogen) atoms. The smallest absolute Gasteiger partial charge is 0.163 e. The third kappa shape index (κ3) is 1.89. The molecule has 1 aromatic rings. The summed E-state index contributed by atoms with van der Waals surface area (Å²) in [5, 5.41) is 10.2. The van der Waals surface area contributed by atoms with Crippen LogP contribution in [0.15, 0.2) is 12.1 Å². The van der Waals surface area contributed by atoms with Crippen molar-refractivity contribution >= 4 is 0 Å². The van der Waals surface area contributed by atoms with Gasteiger partial charge in [-0.25, -0.2) is 0 Å². The minimum atomic E-state index is 0.231. The number of benzene rings is 1. The summed E-state index contributed by atoms with van der Waals surface area (Å²) in [4.78, 5) is 0. The third-order valence-corrected chi connectivity index (χ3v) is 8.26. The minimum Gasteiger partial charge on any atom is -0.504 e. The van der Waals surface area contributed by atoms with Crippen LogP contribution in [-0.2, 0) is 11.8 Å². The van der Waals surface area contributed by atoms with Gasteiger partial charge < -0.3 is 9.84 Å². The van der Waals surface area contributed by atoms with Gasteiger partial charge >= 0.3 is 0 Å². The van der Waals surface area contributed by atoms with Crippen molar-refractivity contribution in [2.45, 2.75) is 71.6 Å². The number of phenolic OH excluding ortho intramolecular Hbond substituents is 1. The normalized spacial score (nSPS) is 39.7. The van der Waals surface area contributed by atoms with Crippen molar-refractivity contribution < 1.29 is 9.84 Å². The second kappa shape index (κ2) is 4.93. The Balaban J connectivity index is 1.84. The van der Waals surface area contributed by atoms with Gasteiger partial charge in [0.05, 0.1) is 7.11 Å². The van der Waals surface area contributed by atoms with Crippen molar-refractivity contribution in [3.05, 3.63) is 23.3 Å². The Morgan fingerprint density at radius 2 is 1.79 bits per heavy atom. The van der Waals surface area contributed by atoms with E-state index in [2.05, 4.69) is 33.8 Å². The molecule has 4 atom stereocenters. The quantitative estimate of drug-likeness (QED) is 0.742. The Hall–Kier alpha value is -1.18. The van der Waals surface area contributed by atoms with E-state index in [0.29, 0.717) is 22.5 Å². The Bertz CT molecular complexity index is 677. The van der Waals surface area contributed by atoms with Crippen LogP contribution in [0.1, 0.15) is 70.9 Å². The van der Waals surface area contributed by atoms with Gasteiger partial charge in [0.2, 0.25) is 0 Å². The lowest BCUT2D eigenvalue weighted by molar-refractivity contribution is -0.0982. The van der Waals surface area contributed by atoms with Crippen LogP contribution in [0.3, 0.4) is 0 Å². The molecule has 4 rings (SSSR count). The fraction of sp³-hybridized carbons (Fsp3) is 0.727. The van der Waals surface area contributed by atoms with Gasteiger partial charge in [-0.2, -0.15) is 0 Å². The molecule has 132 valence electrons. The summed E-state index contributed by atoms with van der Waals surface area (Å²) in [5.41, 5.74) is 3.79. The molecule has 0 aliphatic heterocycles. The predicted octanol–water partition coefficient (Wildman–Crippen LogP) is 5.46. The van der Waals surface area contributed by atoms with E-state index in [1.54, 1.807) is 7.11 Å². The Morgan fingerprint density at radius 1 is 1.04 bits per heavy atom. The highest BCUT2D eigenvalue weighted by molar-refractivity contribution is 5.56. The van der Waals surface area contributed by atoms with Gasteiger partial charge in [-0.1, -0.05) is 40.2 Å². The summed E-state index contributed by atoms with van der Waals surface area (Å²) in [6, 6.07) is 4.01. The van der Waals surface area contributed by atoms with Crippen molar-refractivity contribution in [3.63, 3.8) is 0 Å². The second-order valence-electron chi connectivity index (χ2n) is 9.76. The third-order valence-electron chi connectivity index (χ3n) is 8.26. The van der Waals surface area contributed by atoms with Gasteiger partial charge in [-0.3, -0.25) is 0 Å². The zero-order valence-electron chi connectivity index (χ0n) is 15.9.